The third-order valence-corrected chi connectivity index (χ3v) is 3.67. The van der Waals surface area contributed by atoms with E-state index in [-0.39, 0.29) is 5.82 Å². The Morgan fingerprint density at radius 2 is 1.90 bits per heavy atom. The van der Waals surface area contributed by atoms with Gasteiger partial charge in [-0.1, -0.05) is 27.5 Å². The molecule has 0 fully saturated rings. The summed E-state index contributed by atoms with van der Waals surface area (Å²) < 4.78 is 13.6. The predicted octanol–water partition coefficient (Wildman–Crippen LogP) is 3.88. The molecule has 2 aromatic rings. The van der Waals surface area contributed by atoms with Gasteiger partial charge in [0.15, 0.2) is 0 Å². The molecular weight excluding hydrogens is 347 g/mol. The average molecular weight is 358 g/mol. The Balaban J connectivity index is 2.34. The zero-order chi connectivity index (χ0) is 14.7. The van der Waals surface area contributed by atoms with Crippen LogP contribution in [-0.4, -0.2) is 5.91 Å². The van der Waals surface area contributed by atoms with Gasteiger partial charge in [0, 0.05) is 15.2 Å². The van der Waals surface area contributed by atoms with Crippen molar-refractivity contribution in [2.24, 2.45) is 5.73 Å². The van der Waals surface area contributed by atoms with E-state index in [1.165, 1.54) is 24.3 Å². The van der Waals surface area contributed by atoms with E-state index in [4.69, 9.17) is 17.3 Å². The fraction of sp³-hybridized carbons (Fsp3) is 0.0714. The summed E-state index contributed by atoms with van der Waals surface area (Å²) in [5.41, 5.74) is 6.63. The van der Waals surface area contributed by atoms with Gasteiger partial charge in [0.2, 0.25) is 5.91 Å². The summed E-state index contributed by atoms with van der Waals surface area (Å²) in [5, 5.41) is 3.46. The van der Waals surface area contributed by atoms with Crippen molar-refractivity contribution >= 4 is 39.1 Å². The van der Waals surface area contributed by atoms with Crippen LogP contribution in [-0.2, 0) is 4.79 Å². The van der Waals surface area contributed by atoms with E-state index in [0.717, 1.165) is 0 Å². The molecule has 1 unspecified atom stereocenters. The molecule has 0 heterocycles. The first-order chi connectivity index (χ1) is 9.47. The maximum Gasteiger partial charge on any atom is 0.244 e. The first kappa shape index (κ1) is 14.8. The zero-order valence-electron chi connectivity index (χ0n) is 10.2. The number of anilines is 1. The second kappa shape index (κ2) is 6.24. The largest absolute Gasteiger partial charge is 0.370 e. The number of halogens is 3. The van der Waals surface area contributed by atoms with E-state index >= 15 is 0 Å². The van der Waals surface area contributed by atoms with Crippen molar-refractivity contribution in [1.29, 1.82) is 0 Å². The highest BCUT2D eigenvalue weighted by molar-refractivity contribution is 9.10. The summed E-state index contributed by atoms with van der Waals surface area (Å²) in [6, 6.07) is 9.98. The van der Waals surface area contributed by atoms with Crippen LogP contribution in [0.5, 0.6) is 0 Å². The molecule has 1 amide bonds. The Bertz CT molecular complexity index is 634. The molecule has 6 heteroatoms. The van der Waals surface area contributed by atoms with Crippen LogP contribution >= 0.6 is 27.5 Å². The molecule has 2 aromatic carbocycles. The Hall–Kier alpha value is -1.59. The van der Waals surface area contributed by atoms with E-state index in [9.17, 15) is 9.18 Å². The van der Waals surface area contributed by atoms with Gasteiger partial charge in [0.05, 0.1) is 0 Å². The lowest BCUT2D eigenvalue weighted by Crippen LogP contribution is -2.28. The quantitative estimate of drug-likeness (QED) is 0.872. The number of carbonyl (C=O) groups excluding carboxylic acids is 1. The van der Waals surface area contributed by atoms with Crippen molar-refractivity contribution in [2.75, 3.05) is 5.32 Å². The van der Waals surface area contributed by atoms with E-state index in [1.54, 1.807) is 18.2 Å². The summed E-state index contributed by atoms with van der Waals surface area (Å²) in [5.74, 6) is -0.910. The molecule has 104 valence electrons. The normalized spacial score (nSPS) is 11.9. The fourth-order valence-electron chi connectivity index (χ4n) is 1.75. The number of carbonyl (C=O) groups is 1. The first-order valence-corrected chi connectivity index (χ1v) is 6.91. The predicted molar refractivity (Wildman–Crippen MR) is 81.1 cm³/mol. The second-order valence-corrected chi connectivity index (χ2v) is 5.44. The highest BCUT2D eigenvalue weighted by Crippen LogP contribution is 2.29. The van der Waals surface area contributed by atoms with Gasteiger partial charge in [-0.25, -0.2) is 4.39 Å². The molecule has 0 saturated carbocycles. The van der Waals surface area contributed by atoms with Gasteiger partial charge in [-0.2, -0.15) is 0 Å². The van der Waals surface area contributed by atoms with Crippen molar-refractivity contribution in [2.45, 2.75) is 6.04 Å². The van der Waals surface area contributed by atoms with Crippen LogP contribution in [0, 0.1) is 5.82 Å². The maximum absolute atomic E-state index is 12.9. The molecule has 0 aromatic heterocycles. The molecule has 20 heavy (non-hydrogen) atoms. The minimum absolute atomic E-state index is 0.352. The van der Waals surface area contributed by atoms with Crippen molar-refractivity contribution in [3.05, 3.63) is 63.3 Å². The molecule has 0 saturated heterocycles. The van der Waals surface area contributed by atoms with E-state index in [1.807, 2.05) is 0 Å². The van der Waals surface area contributed by atoms with Crippen LogP contribution in [0.1, 0.15) is 11.6 Å². The Morgan fingerprint density at radius 1 is 1.25 bits per heavy atom. The van der Waals surface area contributed by atoms with Crippen LogP contribution in [0.15, 0.2) is 46.9 Å². The fourth-order valence-corrected chi connectivity index (χ4v) is 2.41. The monoisotopic (exact) mass is 356 g/mol. The molecule has 0 aliphatic rings. The van der Waals surface area contributed by atoms with Crippen LogP contribution < -0.4 is 11.1 Å². The zero-order valence-corrected chi connectivity index (χ0v) is 12.6. The summed E-state index contributed by atoms with van der Waals surface area (Å²) in [6.45, 7) is 0. The minimum Gasteiger partial charge on any atom is -0.370 e. The molecule has 1 atom stereocenters. The van der Waals surface area contributed by atoms with E-state index < -0.39 is 11.9 Å². The SMILES string of the molecule is NC(=O)C(Nc1ccc(F)cc1)c1cc(Cl)ccc1Br. The molecule has 0 spiro atoms. The van der Waals surface area contributed by atoms with Gasteiger partial charge in [0.25, 0.3) is 0 Å². The van der Waals surface area contributed by atoms with Crippen LogP contribution in [0.2, 0.25) is 5.02 Å². The molecule has 3 N–H and O–H groups in total. The van der Waals surface area contributed by atoms with Gasteiger partial charge in [-0.3, -0.25) is 4.79 Å². The van der Waals surface area contributed by atoms with Crippen molar-refractivity contribution in [3.63, 3.8) is 0 Å². The second-order valence-electron chi connectivity index (χ2n) is 4.15. The van der Waals surface area contributed by atoms with E-state index in [2.05, 4.69) is 21.2 Å². The summed E-state index contributed by atoms with van der Waals surface area (Å²) >= 11 is 9.30. The summed E-state index contributed by atoms with van der Waals surface area (Å²) in [6.07, 6.45) is 0. The van der Waals surface area contributed by atoms with Gasteiger partial charge in [0.1, 0.15) is 11.9 Å². The van der Waals surface area contributed by atoms with Gasteiger partial charge in [-0.05, 0) is 48.0 Å². The van der Waals surface area contributed by atoms with Gasteiger partial charge >= 0.3 is 0 Å². The first-order valence-electron chi connectivity index (χ1n) is 5.74. The van der Waals surface area contributed by atoms with Gasteiger partial charge < -0.3 is 11.1 Å². The van der Waals surface area contributed by atoms with Crippen molar-refractivity contribution in [3.8, 4) is 0 Å². The molecule has 0 bridgehead atoms. The molecule has 0 aliphatic carbocycles. The average Bonchev–Trinajstić information content (AvgIpc) is 2.41. The Morgan fingerprint density at radius 3 is 2.50 bits per heavy atom. The lowest BCUT2D eigenvalue weighted by molar-refractivity contribution is -0.118. The summed E-state index contributed by atoms with van der Waals surface area (Å²) in [4.78, 5) is 11.7. The third kappa shape index (κ3) is 3.49. The highest BCUT2D eigenvalue weighted by atomic mass is 79.9. The summed E-state index contributed by atoms with van der Waals surface area (Å²) in [7, 11) is 0. The highest BCUT2D eigenvalue weighted by Gasteiger charge is 2.20. The van der Waals surface area contributed by atoms with E-state index in [0.29, 0.717) is 20.7 Å². The van der Waals surface area contributed by atoms with Crippen molar-refractivity contribution in [1.82, 2.24) is 0 Å². The Kier molecular flexibility index (Phi) is 4.62. The molecule has 3 nitrogen and oxygen atoms in total. The minimum atomic E-state index is -0.770. The Labute approximate surface area is 129 Å². The standard InChI is InChI=1S/C14H11BrClFN2O/c15-12-6-1-8(16)7-11(12)13(14(18)20)19-10-4-2-9(17)3-5-10/h1-7,13,19H,(H2,18,20). The number of nitrogens with two attached hydrogens (primary N) is 1. The van der Waals surface area contributed by atoms with Crippen LogP contribution in [0.4, 0.5) is 10.1 Å². The number of nitrogens with one attached hydrogen (secondary N) is 1. The van der Waals surface area contributed by atoms with Crippen LogP contribution in [0.25, 0.3) is 0 Å². The van der Waals surface area contributed by atoms with Gasteiger partial charge in [-0.15, -0.1) is 0 Å². The topological polar surface area (TPSA) is 55.1 Å². The smallest absolute Gasteiger partial charge is 0.244 e. The number of primary amides is 1. The third-order valence-electron chi connectivity index (χ3n) is 2.71. The maximum atomic E-state index is 12.9. The molecule has 0 aliphatic heterocycles. The molecular formula is C14H11BrClFN2O. The molecule has 2 rings (SSSR count). The van der Waals surface area contributed by atoms with Crippen LogP contribution in [0.3, 0.4) is 0 Å². The lowest BCUT2D eigenvalue weighted by atomic mass is 10.1. The molecule has 0 radical (unpaired) electrons. The number of rotatable bonds is 4. The lowest BCUT2D eigenvalue weighted by Gasteiger charge is -2.18. The number of benzene rings is 2. The van der Waals surface area contributed by atoms with Crippen molar-refractivity contribution < 1.29 is 9.18 Å². The number of amides is 1. The number of hydrogen-bond donors (Lipinski definition) is 2. The number of hydrogen-bond acceptors (Lipinski definition) is 2.